The van der Waals surface area contributed by atoms with Crippen LogP contribution in [-0.2, 0) is 24.3 Å². The van der Waals surface area contributed by atoms with Gasteiger partial charge in [-0.3, -0.25) is 10.0 Å². The van der Waals surface area contributed by atoms with Crippen LogP contribution in [0.1, 0.15) is 26.2 Å². The molecule has 2 saturated heterocycles. The third-order valence-electron chi connectivity index (χ3n) is 6.71. The molecule has 0 radical (unpaired) electrons. The zero-order valence-electron chi connectivity index (χ0n) is 19.8. The van der Waals surface area contributed by atoms with Gasteiger partial charge in [0.2, 0.25) is 0 Å². The smallest absolute Gasteiger partial charge is 0.338 e. The van der Waals surface area contributed by atoms with Crippen molar-refractivity contribution in [1.82, 2.24) is 15.7 Å². The maximum absolute atomic E-state index is 13.9. The van der Waals surface area contributed by atoms with E-state index in [9.17, 15) is 23.2 Å². The van der Waals surface area contributed by atoms with E-state index in [1.54, 1.807) is 30.6 Å². The van der Waals surface area contributed by atoms with Gasteiger partial charge in [-0.2, -0.15) is 8.42 Å². The molecule has 2 amide bonds. The monoisotopic (exact) mass is 499 g/mol. The molecule has 0 spiro atoms. The molecular weight excluding hydrogens is 464 g/mol. The first-order valence-electron chi connectivity index (χ1n) is 11.6. The Balaban J connectivity index is 1.83. The van der Waals surface area contributed by atoms with Gasteiger partial charge in [-0.25, -0.2) is 10.3 Å². The van der Waals surface area contributed by atoms with E-state index in [1.807, 2.05) is 7.05 Å². The number of quaternary nitrogens is 1. The van der Waals surface area contributed by atoms with Gasteiger partial charge in [0.15, 0.2) is 4.90 Å². The fourth-order valence-electron chi connectivity index (χ4n) is 4.59. The lowest BCUT2D eigenvalue weighted by atomic mass is 9.86. The highest BCUT2D eigenvalue weighted by Gasteiger charge is 2.52. The number of ether oxygens (including phenoxy) is 2. The number of carbonyl (C=O) groups excluding carboxylic acids is 2. The van der Waals surface area contributed by atoms with Gasteiger partial charge in [0.1, 0.15) is 24.4 Å². The van der Waals surface area contributed by atoms with E-state index >= 15 is 0 Å². The van der Waals surface area contributed by atoms with Crippen LogP contribution in [0, 0.1) is 0 Å². The number of piperidine rings is 1. The van der Waals surface area contributed by atoms with Crippen LogP contribution < -0.4 is 15.5 Å². The molecule has 0 unspecified atom stereocenters. The lowest BCUT2D eigenvalue weighted by Gasteiger charge is -2.40. The van der Waals surface area contributed by atoms with E-state index < -0.39 is 31.3 Å². The maximum atomic E-state index is 13.9. The molecule has 0 saturated carbocycles. The summed E-state index contributed by atoms with van der Waals surface area (Å²) in [5, 5.41) is 12.4. The van der Waals surface area contributed by atoms with E-state index in [0.717, 1.165) is 0 Å². The summed E-state index contributed by atoms with van der Waals surface area (Å²) in [6.07, 6.45) is 0.808. The topological polar surface area (TPSA) is 134 Å². The molecule has 0 aliphatic carbocycles. The van der Waals surface area contributed by atoms with Crippen LogP contribution in [0.15, 0.2) is 29.2 Å². The average molecular weight is 500 g/mol. The lowest BCUT2D eigenvalue weighted by molar-refractivity contribution is -0.740. The number of hydroxylamine groups is 1. The van der Waals surface area contributed by atoms with Crippen molar-refractivity contribution in [3.8, 4) is 5.75 Å². The number of likely N-dealkylation sites (tertiary alicyclic amines) is 1. The number of morpholine rings is 1. The number of hydrogen-bond acceptors (Lipinski definition) is 9. The molecule has 1 aromatic rings. The molecule has 0 bridgehead atoms. The van der Waals surface area contributed by atoms with E-state index in [1.165, 1.54) is 6.07 Å². The average Bonchev–Trinajstić information content (AvgIpc) is 2.85. The Morgan fingerprint density at radius 1 is 1.21 bits per heavy atom. The quantitative estimate of drug-likeness (QED) is 0.246. The molecule has 2 aliphatic rings. The number of sulfonamides is 1. The Morgan fingerprint density at radius 2 is 1.85 bits per heavy atom. The Bertz CT molecular complexity index is 971. The molecule has 0 atom stereocenters. The van der Waals surface area contributed by atoms with Crippen molar-refractivity contribution in [2.75, 3.05) is 59.6 Å². The van der Waals surface area contributed by atoms with Gasteiger partial charge >= 0.3 is 15.9 Å². The highest BCUT2D eigenvalue weighted by atomic mass is 32.2. The summed E-state index contributed by atoms with van der Waals surface area (Å²) in [6, 6.07) is 6.33. The highest BCUT2D eigenvalue weighted by molar-refractivity contribution is 7.86. The Labute approximate surface area is 200 Å². The van der Waals surface area contributed by atoms with Crippen LogP contribution in [0.5, 0.6) is 5.75 Å². The van der Waals surface area contributed by atoms with Gasteiger partial charge in [0, 0.05) is 19.6 Å². The fraction of sp³-hybridized carbons (Fsp3) is 0.636. The molecule has 0 aromatic heterocycles. The minimum Gasteiger partial charge on any atom is -0.492 e. The summed E-state index contributed by atoms with van der Waals surface area (Å²) in [5.41, 5.74) is 0.712. The first-order valence-corrected chi connectivity index (χ1v) is 13.0. The van der Waals surface area contributed by atoms with Crippen molar-refractivity contribution in [2.24, 2.45) is 0 Å². The van der Waals surface area contributed by atoms with Crippen LogP contribution >= 0.6 is 0 Å². The third kappa shape index (κ3) is 5.11. The standard InChI is InChI=1S/C22H34N4O7S/c1-3-33-18-6-4-5-7-19(18)34(30,31)26(14-16-32-17-15-26)20(27)8-11-23-22(21(28)24-29)9-12-25(2)13-10-22/h4-7,23H,3,8-17H2,1-2H3,(H-,24,28,29)/p+1. The van der Waals surface area contributed by atoms with E-state index in [0.29, 0.717) is 25.9 Å². The maximum Gasteiger partial charge on any atom is 0.338 e. The van der Waals surface area contributed by atoms with Crippen molar-refractivity contribution in [3.05, 3.63) is 24.3 Å². The second-order valence-electron chi connectivity index (χ2n) is 8.70. The summed E-state index contributed by atoms with van der Waals surface area (Å²) in [5.74, 6) is -0.819. The van der Waals surface area contributed by atoms with Crippen molar-refractivity contribution in [3.63, 3.8) is 0 Å². The molecule has 12 heteroatoms. The molecule has 3 rings (SSSR count). The SMILES string of the molecule is CCOc1ccccc1S(=O)(=O)[N+]1(C(=O)CCNC2(C(=O)NO)CCN(C)CC2)CCOCC1. The fourth-order valence-corrected chi connectivity index (χ4v) is 6.59. The van der Waals surface area contributed by atoms with Gasteiger partial charge in [-0.1, -0.05) is 12.1 Å². The van der Waals surface area contributed by atoms with E-state index in [-0.39, 0.29) is 56.5 Å². The number of rotatable bonds is 9. The summed E-state index contributed by atoms with van der Waals surface area (Å²) in [4.78, 5) is 28.0. The number of benzene rings is 1. The number of hydrogen-bond donors (Lipinski definition) is 3. The normalized spacial score (nSPS) is 20.4. The molecule has 34 heavy (non-hydrogen) atoms. The van der Waals surface area contributed by atoms with Crippen molar-refractivity contribution < 1.29 is 36.6 Å². The van der Waals surface area contributed by atoms with Crippen molar-refractivity contribution in [2.45, 2.75) is 36.6 Å². The number of para-hydroxylation sites is 1. The molecule has 2 aliphatic heterocycles. The number of nitrogens with one attached hydrogen (secondary N) is 2. The number of nitrogens with zero attached hydrogens (tertiary/aromatic N) is 2. The Morgan fingerprint density at radius 3 is 2.47 bits per heavy atom. The zero-order valence-corrected chi connectivity index (χ0v) is 20.6. The van der Waals surface area contributed by atoms with Gasteiger partial charge in [0.05, 0.1) is 26.2 Å². The predicted molar refractivity (Wildman–Crippen MR) is 123 cm³/mol. The summed E-state index contributed by atoms with van der Waals surface area (Å²) in [6.45, 7) is 3.71. The van der Waals surface area contributed by atoms with Crippen LogP contribution in [-0.4, -0.2) is 99.4 Å². The second-order valence-corrected chi connectivity index (χ2v) is 10.8. The Hall–Kier alpha value is -2.09. The van der Waals surface area contributed by atoms with Crippen LogP contribution in [0.3, 0.4) is 0 Å². The minimum absolute atomic E-state index is 0.00527. The molecule has 3 N–H and O–H groups in total. The predicted octanol–water partition coefficient (Wildman–Crippen LogP) is 0.0971. The lowest BCUT2D eigenvalue weighted by Crippen LogP contribution is -2.64. The molecule has 11 nitrogen and oxygen atoms in total. The van der Waals surface area contributed by atoms with Gasteiger partial charge in [-0.15, -0.1) is 3.89 Å². The van der Waals surface area contributed by atoms with Crippen molar-refractivity contribution in [1.29, 1.82) is 0 Å². The highest BCUT2D eigenvalue weighted by Crippen LogP contribution is 2.33. The first kappa shape index (κ1) is 26.5. The van der Waals surface area contributed by atoms with Gasteiger partial charge in [-0.05, 0) is 38.9 Å². The molecule has 2 heterocycles. The van der Waals surface area contributed by atoms with Gasteiger partial charge in [0.25, 0.3) is 5.91 Å². The van der Waals surface area contributed by atoms with Gasteiger partial charge < -0.3 is 19.7 Å². The second kappa shape index (κ2) is 11.1. The number of amides is 2. The molecule has 190 valence electrons. The molecular formula is C22H35N4O7S+. The minimum atomic E-state index is -4.15. The number of carbonyl (C=O) groups is 2. The Kier molecular flexibility index (Phi) is 8.66. The summed E-state index contributed by atoms with van der Waals surface area (Å²) in [7, 11) is -2.20. The summed E-state index contributed by atoms with van der Waals surface area (Å²) >= 11 is 0. The zero-order chi connectivity index (χ0) is 24.8. The summed E-state index contributed by atoms with van der Waals surface area (Å²) < 4.78 is 37.9. The van der Waals surface area contributed by atoms with Crippen LogP contribution in [0.25, 0.3) is 0 Å². The molecule has 2 fully saturated rings. The van der Waals surface area contributed by atoms with E-state index in [4.69, 9.17) is 9.47 Å². The van der Waals surface area contributed by atoms with E-state index in [2.05, 4.69) is 10.2 Å². The van der Waals surface area contributed by atoms with Crippen LogP contribution in [0.2, 0.25) is 0 Å². The third-order valence-corrected chi connectivity index (χ3v) is 9.10. The first-order chi connectivity index (χ1) is 16.2. The molecule has 1 aromatic carbocycles. The van der Waals surface area contributed by atoms with Crippen molar-refractivity contribution >= 4 is 21.8 Å². The van der Waals surface area contributed by atoms with Crippen LogP contribution in [0.4, 0.5) is 0 Å². The largest absolute Gasteiger partial charge is 0.492 e.